The Balaban J connectivity index is 1.87. The Kier molecular flexibility index (Phi) is 4.85. The van der Waals surface area contributed by atoms with Crippen molar-refractivity contribution in [2.45, 2.75) is 58.3 Å². The lowest BCUT2D eigenvalue weighted by Gasteiger charge is -2.14. The number of aromatic nitrogens is 1. The summed E-state index contributed by atoms with van der Waals surface area (Å²) in [5.74, 6) is 0.756. The first kappa shape index (κ1) is 17.3. The molecule has 1 heterocycles. The molecule has 0 N–H and O–H groups in total. The molecule has 2 aromatic carbocycles. The van der Waals surface area contributed by atoms with Crippen LogP contribution in [0.1, 0.15) is 62.1 Å². The van der Waals surface area contributed by atoms with E-state index in [9.17, 15) is 0 Å². The van der Waals surface area contributed by atoms with Gasteiger partial charge in [0.1, 0.15) is 0 Å². The highest BCUT2D eigenvalue weighted by Crippen LogP contribution is 2.36. The van der Waals surface area contributed by atoms with Gasteiger partial charge >= 0.3 is 0 Å². The molecule has 0 aliphatic heterocycles. The van der Waals surface area contributed by atoms with Crippen LogP contribution in [0.2, 0.25) is 0 Å². The van der Waals surface area contributed by atoms with Crippen molar-refractivity contribution in [3.8, 4) is 11.3 Å². The molecule has 1 fully saturated rings. The summed E-state index contributed by atoms with van der Waals surface area (Å²) in [5.41, 5.74) is 7.84. The van der Waals surface area contributed by atoms with Crippen molar-refractivity contribution >= 4 is 24.2 Å². The molecule has 26 heavy (non-hydrogen) atoms. The van der Waals surface area contributed by atoms with Crippen LogP contribution in [-0.2, 0) is 12.8 Å². The van der Waals surface area contributed by atoms with Crippen LogP contribution in [0.3, 0.4) is 0 Å². The predicted octanol–water partition coefficient (Wildman–Crippen LogP) is 4.94. The third-order valence-electron chi connectivity index (χ3n) is 5.95. The molecule has 4 rings (SSSR count). The minimum absolute atomic E-state index is 0.756. The van der Waals surface area contributed by atoms with Crippen LogP contribution < -0.4 is 5.59 Å². The molecule has 0 spiro atoms. The predicted molar refractivity (Wildman–Crippen MR) is 115 cm³/mol. The van der Waals surface area contributed by atoms with Gasteiger partial charge in [0.2, 0.25) is 0 Å². The Hall–Kier alpha value is -2.09. The van der Waals surface area contributed by atoms with Crippen molar-refractivity contribution < 1.29 is 0 Å². The van der Waals surface area contributed by atoms with Crippen molar-refractivity contribution in [2.75, 3.05) is 0 Å². The average Bonchev–Trinajstić information content (AvgIpc) is 3.21. The molecule has 0 saturated heterocycles. The highest BCUT2D eigenvalue weighted by molar-refractivity contribution is 6.32. The van der Waals surface area contributed by atoms with Crippen LogP contribution in [0.5, 0.6) is 0 Å². The highest BCUT2D eigenvalue weighted by Gasteiger charge is 2.18. The van der Waals surface area contributed by atoms with Crippen LogP contribution >= 0.6 is 0 Å². The van der Waals surface area contributed by atoms with Gasteiger partial charge in [0, 0.05) is 10.9 Å². The summed E-state index contributed by atoms with van der Waals surface area (Å²) < 4.78 is 0. The molecule has 0 unspecified atom stereocenters. The van der Waals surface area contributed by atoms with E-state index in [2.05, 4.69) is 64.2 Å². The second-order valence-corrected chi connectivity index (χ2v) is 7.82. The molecule has 0 radical (unpaired) electrons. The number of nitrogens with zero attached hydrogens (tertiary/aromatic N) is 1. The minimum atomic E-state index is 0.756. The molecule has 0 bridgehead atoms. The van der Waals surface area contributed by atoms with Crippen LogP contribution in [0.15, 0.2) is 42.5 Å². The lowest BCUT2D eigenvalue weighted by Crippen LogP contribution is -2.09. The molecule has 1 aliphatic rings. The standard InChI is InChI=1S/C24H28BN/c1-3-16-11-17(4-2)13-21(12-16)24-22-10-9-19(18-7-5-6-8-18)14-20(22)15-23(25)26-24/h9-15,18H,3-8,25H2,1-2H3. The first-order chi connectivity index (χ1) is 12.7. The number of benzene rings is 2. The quantitative estimate of drug-likeness (QED) is 0.613. The number of rotatable bonds is 4. The molecule has 1 saturated carbocycles. The zero-order chi connectivity index (χ0) is 18.1. The summed E-state index contributed by atoms with van der Waals surface area (Å²) in [6, 6.07) is 16.3. The van der Waals surface area contributed by atoms with Crippen molar-refractivity contribution in [3.63, 3.8) is 0 Å². The number of hydrogen-bond acceptors (Lipinski definition) is 1. The summed E-state index contributed by atoms with van der Waals surface area (Å²) in [6.07, 6.45) is 7.59. The second-order valence-electron chi connectivity index (χ2n) is 7.82. The number of aryl methyl sites for hydroxylation is 2. The van der Waals surface area contributed by atoms with Crippen LogP contribution in [0.25, 0.3) is 22.0 Å². The van der Waals surface area contributed by atoms with Gasteiger partial charge in [0.25, 0.3) is 0 Å². The van der Waals surface area contributed by atoms with Gasteiger partial charge in [0.05, 0.1) is 5.69 Å². The molecule has 1 aliphatic carbocycles. The maximum Gasteiger partial charge on any atom is 0.163 e. The van der Waals surface area contributed by atoms with Crippen LogP contribution in [0, 0.1) is 0 Å². The SMILES string of the molecule is Bc1cc2cc(C3CCCC3)ccc2c(-c2cc(CC)cc(CC)c2)n1. The zero-order valence-electron chi connectivity index (χ0n) is 16.3. The Morgan fingerprint density at radius 1 is 0.923 bits per heavy atom. The molecule has 132 valence electrons. The summed E-state index contributed by atoms with van der Waals surface area (Å²) >= 11 is 0. The maximum atomic E-state index is 4.95. The summed E-state index contributed by atoms with van der Waals surface area (Å²) in [5, 5.41) is 2.63. The van der Waals surface area contributed by atoms with Gasteiger partial charge in [-0.2, -0.15) is 0 Å². The van der Waals surface area contributed by atoms with E-state index < -0.39 is 0 Å². The Morgan fingerprint density at radius 3 is 2.27 bits per heavy atom. The van der Waals surface area contributed by atoms with Gasteiger partial charge in [0.15, 0.2) is 7.85 Å². The van der Waals surface area contributed by atoms with Gasteiger partial charge in [-0.15, -0.1) is 0 Å². The van der Waals surface area contributed by atoms with E-state index in [4.69, 9.17) is 4.98 Å². The largest absolute Gasteiger partial charge is 0.263 e. The van der Waals surface area contributed by atoms with E-state index in [0.717, 1.165) is 30.0 Å². The fourth-order valence-electron chi connectivity index (χ4n) is 4.45. The topological polar surface area (TPSA) is 12.9 Å². The second kappa shape index (κ2) is 7.27. The van der Waals surface area contributed by atoms with Crippen LogP contribution in [0.4, 0.5) is 0 Å². The first-order valence-corrected chi connectivity index (χ1v) is 10.2. The fourth-order valence-corrected chi connectivity index (χ4v) is 4.45. The van der Waals surface area contributed by atoms with E-state index in [1.165, 1.54) is 58.7 Å². The molecular weight excluding hydrogens is 313 g/mol. The Labute approximate surface area is 158 Å². The molecule has 1 aromatic heterocycles. The molecular formula is C24H28BN. The van der Waals surface area contributed by atoms with Gasteiger partial charge < -0.3 is 0 Å². The molecule has 0 amide bonds. The number of fused-ring (bicyclic) bond motifs is 1. The molecule has 1 nitrogen and oxygen atoms in total. The molecule has 2 heteroatoms. The summed E-state index contributed by atoms with van der Waals surface area (Å²) in [7, 11) is 2.12. The lowest BCUT2D eigenvalue weighted by molar-refractivity contribution is 0.724. The lowest BCUT2D eigenvalue weighted by atomic mass is 9.91. The Bertz CT molecular complexity index is 916. The maximum absolute atomic E-state index is 4.95. The van der Waals surface area contributed by atoms with Gasteiger partial charge in [-0.25, -0.2) is 0 Å². The van der Waals surface area contributed by atoms with E-state index in [1.54, 1.807) is 0 Å². The summed E-state index contributed by atoms with van der Waals surface area (Å²) in [4.78, 5) is 4.95. The average molecular weight is 341 g/mol. The fraction of sp³-hybridized carbons (Fsp3) is 0.375. The molecule has 0 atom stereocenters. The highest BCUT2D eigenvalue weighted by atomic mass is 14.7. The number of hydrogen-bond donors (Lipinski definition) is 0. The van der Waals surface area contributed by atoms with Gasteiger partial charge in [-0.3, -0.25) is 4.98 Å². The zero-order valence-corrected chi connectivity index (χ0v) is 16.3. The smallest absolute Gasteiger partial charge is 0.163 e. The third kappa shape index (κ3) is 3.30. The van der Waals surface area contributed by atoms with E-state index in [-0.39, 0.29) is 0 Å². The first-order valence-electron chi connectivity index (χ1n) is 10.2. The van der Waals surface area contributed by atoms with E-state index >= 15 is 0 Å². The van der Waals surface area contributed by atoms with Gasteiger partial charge in [-0.05, 0) is 77.5 Å². The van der Waals surface area contributed by atoms with E-state index in [0.29, 0.717) is 0 Å². The van der Waals surface area contributed by atoms with E-state index in [1.807, 2.05) is 0 Å². The van der Waals surface area contributed by atoms with Crippen molar-refractivity contribution in [2.24, 2.45) is 0 Å². The minimum Gasteiger partial charge on any atom is -0.263 e. The van der Waals surface area contributed by atoms with Gasteiger partial charge in [-0.1, -0.05) is 51.0 Å². The van der Waals surface area contributed by atoms with Crippen molar-refractivity contribution in [1.29, 1.82) is 0 Å². The Morgan fingerprint density at radius 2 is 1.62 bits per heavy atom. The van der Waals surface area contributed by atoms with Crippen molar-refractivity contribution in [1.82, 2.24) is 4.98 Å². The summed E-state index contributed by atoms with van der Waals surface area (Å²) in [6.45, 7) is 4.46. The van der Waals surface area contributed by atoms with Crippen LogP contribution in [-0.4, -0.2) is 12.8 Å². The molecule has 3 aromatic rings. The normalized spacial score (nSPS) is 15.0. The third-order valence-corrected chi connectivity index (χ3v) is 5.95. The number of pyridine rings is 1. The monoisotopic (exact) mass is 341 g/mol. The van der Waals surface area contributed by atoms with Crippen molar-refractivity contribution in [3.05, 3.63) is 59.2 Å².